The molecule has 0 saturated heterocycles. The maximum Gasteiger partial charge on any atom is 0.316 e. The van der Waals surface area contributed by atoms with Crippen molar-refractivity contribution in [3.63, 3.8) is 0 Å². The lowest BCUT2D eigenvalue weighted by Gasteiger charge is -2.16. The van der Waals surface area contributed by atoms with E-state index in [0.717, 1.165) is 0 Å². The zero-order valence-corrected chi connectivity index (χ0v) is 11.3. The van der Waals surface area contributed by atoms with Crippen LogP contribution in [0, 0.1) is 0 Å². The van der Waals surface area contributed by atoms with Crippen LogP contribution >= 0.6 is 0 Å². The van der Waals surface area contributed by atoms with Crippen molar-refractivity contribution in [3.05, 3.63) is 48.5 Å². The Morgan fingerprint density at radius 1 is 0.905 bits per heavy atom. The van der Waals surface area contributed by atoms with Gasteiger partial charge in [-0.1, -0.05) is 0 Å². The second-order valence-corrected chi connectivity index (χ2v) is 4.38. The average Bonchev–Trinajstić information content (AvgIpc) is 2.49. The summed E-state index contributed by atoms with van der Waals surface area (Å²) in [7, 11) is 1.46. The van der Waals surface area contributed by atoms with E-state index >= 15 is 0 Å². The van der Waals surface area contributed by atoms with Gasteiger partial charge in [-0.25, -0.2) is 0 Å². The van der Waals surface area contributed by atoms with Crippen molar-refractivity contribution in [1.29, 1.82) is 0 Å². The van der Waals surface area contributed by atoms with Gasteiger partial charge in [-0.05, 0) is 48.5 Å². The van der Waals surface area contributed by atoms with E-state index in [9.17, 15) is 14.7 Å². The second kappa shape index (κ2) is 5.96. The van der Waals surface area contributed by atoms with Gasteiger partial charge in [0.15, 0.2) is 0 Å². The Hall–Kier alpha value is -3.02. The summed E-state index contributed by atoms with van der Waals surface area (Å²) in [6.07, 6.45) is 0. The van der Waals surface area contributed by atoms with Gasteiger partial charge in [0.25, 0.3) is 0 Å². The summed E-state index contributed by atoms with van der Waals surface area (Å²) in [5, 5.41) is 20.8. The molecule has 0 aliphatic rings. The Bertz CT molecular complexity index is 650. The summed E-state index contributed by atoms with van der Waals surface area (Å²) in [6, 6.07) is 11.7. The molecule has 21 heavy (non-hydrogen) atoms. The van der Waals surface area contributed by atoms with Gasteiger partial charge in [-0.3, -0.25) is 9.59 Å². The molecule has 0 radical (unpaired) electrons. The number of aromatic hydroxyl groups is 2. The highest BCUT2D eigenvalue weighted by molar-refractivity contribution is 6.44. The fourth-order valence-electron chi connectivity index (χ4n) is 1.68. The molecule has 0 saturated carbocycles. The third-order valence-corrected chi connectivity index (χ3v) is 2.86. The number of hydrogen-bond donors (Lipinski definition) is 3. The molecule has 0 unspecified atom stereocenters. The molecule has 0 aromatic heterocycles. The van der Waals surface area contributed by atoms with E-state index in [4.69, 9.17) is 5.11 Å². The Morgan fingerprint density at radius 3 is 1.90 bits per heavy atom. The van der Waals surface area contributed by atoms with Gasteiger partial charge in [0, 0.05) is 18.4 Å². The Morgan fingerprint density at radius 2 is 1.38 bits per heavy atom. The molecule has 2 aromatic rings. The lowest BCUT2D eigenvalue weighted by atomic mass is 10.2. The van der Waals surface area contributed by atoms with Crippen LogP contribution < -0.4 is 10.2 Å². The largest absolute Gasteiger partial charge is 0.508 e. The van der Waals surface area contributed by atoms with E-state index in [1.807, 2.05) is 0 Å². The first-order valence-electron chi connectivity index (χ1n) is 6.14. The zero-order valence-electron chi connectivity index (χ0n) is 11.3. The summed E-state index contributed by atoms with van der Waals surface area (Å²) in [5.74, 6) is -1.39. The average molecular weight is 286 g/mol. The van der Waals surface area contributed by atoms with E-state index in [1.54, 1.807) is 0 Å². The number of anilines is 2. The summed E-state index contributed by atoms with van der Waals surface area (Å²) >= 11 is 0. The van der Waals surface area contributed by atoms with Crippen LogP contribution in [0.2, 0.25) is 0 Å². The molecular weight excluding hydrogens is 272 g/mol. The SMILES string of the molecule is CN(C(=O)C(=O)Nc1ccc(O)cc1)c1ccc(O)cc1. The number of rotatable bonds is 2. The van der Waals surface area contributed by atoms with Gasteiger partial charge in [0.05, 0.1) is 0 Å². The van der Waals surface area contributed by atoms with Crippen LogP contribution in [0.1, 0.15) is 0 Å². The normalized spacial score (nSPS) is 9.95. The molecule has 0 aliphatic heterocycles. The maximum absolute atomic E-state index is 12.0. The number of likely N-dealkylation sites (N-methyl/N-ethyl adjacent to an activating group) is 1. The topological polar surface area (TPSA) is 89.9 Å². The number of carbonyl (C=O) groups excluding carboxylic acids is 2. The highest BCUT2D eigenvalue weighted by atomic mass is 16.3. The molecule has 0 fully saturated rings. The van der Waals surface area contributed by atoms with Crippen molar-refractivity contribution in [2.45, 2.75) is 0 Å². The fraction of sp³-hybridized carbons (Fsp3) is 0.0667. The predicted molar refractivity (Wildman–Crippen MR) is 78.3 cm³/mol. The van der Waals surface area contributed by atoms with Crippen molar-refractivity contribution in [2.24, 2.45) is 0 Å². The van der Waals surface area contributed by atoms with E-state index in [-0.39, 0.29) is 11.5 Å². The maximum atomic E-state index is 12.0. The van der Waals surface area contributed by atoms with E-state index < -0.39 is 11.8 Å². The van der Waals surface area contributed by atoms with Crippen LogP contribution in [-0.2, 0) is 9.59 Å². The predicted octanol–water partition coefficient (Wildman–Crippen LogP) is 1.70. The van der Waals surface area contributed by atoms with Crippen LogP contribution in [0.25, 0.3) is 0 Å². The van der Waals surface area contributed by atoms with Crippen molar-refractivity contribution in [2.75, 3.05) is 17.3 Å². The molecule has 108 valence electrons. The Labute approximate surface area is 121 Å². The lowest BCUT2D eigenvalue weighted by Crippen LogP contribution is -2.37. The molecule has 0 aliphatic carbocycles. The number of phenolic OH excluding ortho intramolecular Hbond substituents is 2. The van der Waals surface area contributed by atoms with Gasteiger partial charge >= 0.3 is 11.8 Å². The van der Waals surface area contributed by atoms with Gasteiger partial charge in [0.1, 0.15) is 11.5 Å². The number of nitrogens with one attached hydrogen (secondary N) is 1. The number of benzene rings is 2. The van der Waals surface area contributed by atoms with Gasteiger partial charge in [-0.2, -0.15) is 0 Å². The first-order chi connectivity index (χ1) is 9.97. The van der Waals surface area contributed by atoms with E-state index in [1.165, 1.54) is 60.5 Å². The van der Waals surface area contributed by atoms with Gasteiger partial charge in [0.2, 0.25) is 0 Å². The highest BCUT2D eigenvalue weighted by Crippen LogP contribution is 2.18. The summed E-state index contributed by atoms with van der Waals surface area (Å²) in [5.41, 5.74) is 0.893. The molecule has 3 N–H and O–H groups in total. The van der Waals surface area contributed by atoms with Crippen LogP contribution in [0.4, 0.5) is 11.4 Å². The minimum Gasteiger partial charge on any atom is -0.508 e. The van der Waals surface area contributed by atoms with Crippen molar-refractivity contribution in [1.82, 2.24) is 0 Å². The second-order valence-electron chi connectivity index (χ2n) is 4.38. The summed E-state index contributed by atoms with van der Waals surface area (Å²) in [4.78, 5) is 25.0. The molecular formula is C15H14N2O4. The molecule has 6 nitrogen and oxygen atoms in total. The van der Waals surface area contributed by atoms with Gasteiger partial charge in [-0.15, -0.1) is 0 Å². The lowest BCUT2D eigenvalue weighted by molar-refractivity contribution is -0.134. The fourth-order valence-corrected chi connectivity index (χ4v) is 1.68. The van der Waals surface area contributed by atoms with Gasteiger partial charge < -0.3 is 20.4 Å². The Balaban J connectivity index is 2.06. The highest BCUT2D eigenvalue weighted by Gasteiger charge is 2.20. The summed E-state index contributed by atoms with van der Waals surface area (Å²) < 4.78 is 0. The number of amides is 2. The monoisotopic (exact) mass is 286 g/mol. The third-order valence-electron chi connectivity index (χ3n) is 2.86. The quantitative estimate of drug-likeness (QED) is 0.579. The number of hydrogen-bond acceptors (Lipinski definition) is 4. The smallest absolute Gasteiger partial charge is 0.316 e. The molecule has 2 aromatic carbocycles. The number of carbonyl (C=O) groups is 2. The molecule has 2 rings (SSSR count). The van der Waals surface area contributed by atoms with Crippen molar-refractivity contribution in [3.8, 4) is 11.5 Å². The molecule has 2 amide bonds. The standard InChI is InChI=1S/C15H14N2O4/c1-17(11-4-8-13(19)9-5-11)15(21)14(20)16-10-2-6-12(18)7-3-10/h2-9,18-19H,1H3,(H,16,20). The van der Waals surface area contributed by atoms with Crippen LogP contribution in [0.15, 0.2) is 48.5 Å². The summed E-state index contributed by atoms with van der Waals surface area (Å²) in [6.45, 7) is 0. The molecule has 0 spiro atoms. The van der Waals surface area contributed by atoms with Crippen molar-refractivity contribution < 1.29 is 19.8 Å². The Kier molecular flexibility index (Phi) is 4.08. The first kappa shape index (κ1) is 14.4. The number of nitrogens with zero attached hydrogens (tertiary/aromatic N) is 1. The number of phenols is 2. The minimum absolute atomic E-state index is 0.0699. The molecule has 0 bridgehead atoms. The first-order valence-corrected chi connectivity index (χ1v) is 6.14. The van der Waals surface area contributed by atoms with Crippen LogP contribution in [-0.4, -0.2) is 29.1 Å². The minimum atomic E-state index is -0.795. The van der Waals surface area contributed by atoms with Crippen LogP contribution in [0.5, 0.6) is 11.5 Å². The van der Waals surface area contributed by atoms with E-state index in [2.05, 4.69) is 5.32 Å². The van der Waals surface area contributed by atoms with E-state index in [0.29, 0.717) is 11.4 Å². The molecule has 0 heterocycles. The zero-order chi connectivity index (χ0) is 15.4. The molecule has 0 atom stereocenters. The molecule has 6 heteroatoms. The van der Waals surface area contributed by atoms with Crippen molar-refractivity contribution >= 4 is 23.2 Å². The third kappa shape index (κ3) is 3.50. The van der Waals surface area contributed by atoms with Crippen LogP contribution in [0.3, 0.4) is 0 Å².